The maximum atomic E-state index is 13.2. The van der Waals surface area contributed by atoms with Crippen LogP contribution in [0.4, 0.5) is 4.39 Å². The Balaban J connectivity index is 2.65. The fraction of sp³-hybridized carbons (Fsp3) is 0.143. The van der Waals surface area contributed by atoms with Gasteiger partial charge in [0.1, 0.15) is 16.5 Å². The molecule has 0 radical (unpaired) electrons. The van der Waals surface area contributed by atoms with Gasteiger partial charge in [-0.3, -0.25) is 0 Å². The minimum atomic E-state index is -0.233. The first-order valence-electron chi connectivity index (χ1n) is 5.43. The van der Waals surface area contributed by atoms with E-state index in [-0.39, 0.29) is 5.82 Å². The van der Waals surface area contributed by atoms with E-state index < -0.39 is 0 Å². The van der Waals surface area contributed by atoms with Gasteiger partial charge in [-0.25, -0.2) is 4.39 Å². The van der Waals surface area contributed by atoms with Gasteiger partial charge < -0.3 is 4.98 Å². The standard InChI is InChI=1S/C14H11FN2S/c1-8-5-10(3-4-12(8)15)13-9(2)6-11(7-16)14(18)17-13/h3-6H,1-2H3,(H,17,18). The molecule has 90 valence electrons. The summed E-state index contributed by atoms with van der Waals surface area (Å²) in [5, 5.41) is 8.90. The van der Waals surface area contributed by atoms with Gasteiger partial charge >= 0.3 is 0 Å². The minimum absolute atomic E-state index is 0.233. The Bertz CT molecular complexity index is 711. The molecule has 1 aromatic heterocycles. The molecule has 0 unspecified atom stereocenters. The van der Waals surface area contributed by atoms with Gasteiger partial charge in [-0.05, 0) is 54.8 Å². The second-order valence-electron chi connectivity index (χ2n) is 4.15. The molecule has 0 spiro atoms. The maximum absolute atomic E-state index is 13.2. The van der Waals surface area contributed by atoms with E-state index >= 15 is 0 Å². The SMILES string of the molecule is Cc1cc(-c2[nH]c(=S)c(C#N)cc2C)ccc1F. The highest BCUT2D eigenvalue weighted by Gasteiger charge is 2.07. The zero-order valence-corrected chi connectivity index (χ0v) is 10.9. The van der Waals surface area contributed by atoms with E-state index in [2.05, 4.69) is 4.98 Å². The maximum Gasteiger partial charge on any atom is 0.126 e. The van der Waals surface area contributed by atoms with Crippen molar-refractivity contribution in [1.82, 2.24) is 4.98 Å². The second kappa shape index (κ2) is 4.71. The molecule has 0 atom stereocenters. The quantitative estimate of drug-likeness (QED) is 0.784. The summed E-state index contributed by atoms with van der Waals surface area (Å²) in [5.41, 5.74) is 3.62. The summed E-state index contributed by atoms with van der Waals surface area (Å²) in [5.74, 6) is -0.233. The summed E-state index contributed by atoms with van der Waals surface area (Å²) in [7, 11) is 0. The number of aromatic amines is 1. The number of H-pyrrole nitrogens is 1. The zero-order valence-electron chi connectivity index (χ0n) is 10.0. The highest BCUT2D eigenvalue weighted by molar-refractivity contribution is 7.71. The fourth-order valence-electron chi connectivity index (χ4n) is 1.82. The molecule has 1 N–H and O–H groups in total. The lowest BCUT2D eigenvalue weighted by atomic mass is 10.0. The largest absolute Gasteiger partial charge is 0.345 e. The minimum Gasteiger partial charge on any atom is -0.345 e. The van der Waals surface area contributed by atoms with Crippen LogP contribution < -0.4 is 0 Å². The van der Waals surface area contributed by atoms with Crippen LogP contribution >= 0.6 is 12.2 Å². The van der Waals surface area contributed by atoms with Crippen molar-refractivity contribution in [3.8, 4) is 17.3 Å². The molecular weight excluding hydrogens is 247 g/mol. The normalized spacial score (nSPS) is 10.1. The Hall–Kier alpha value is -1.99. The van der Waals surface area contributed by atoms with E-state index in [0.29, 0.717) is 15.8 Å². The number of aromatic nitrogens is 1. The predicted octanol–water partition coefficient (Wildman–Crippen LogP) is 4.04. The van der Waals surface area contributed by atoms with Gasteiger partial charge in [-0.15, -0.1) is 0 Å². The van der Waals surface area contributed by atoms with Crippen LogP contribution in [0, 0.1) is 35.6 Å². The third-order valence-corrected chi connectivity index (χ3v) is 3.13. The zero-order chi connectivity index (χ0) is 13.3. The average molecular weight is 258 g/mol. The molecule has 0 bridgehead atoms. The Kier molecular flexibility index (Phi) is 3.26. The molecule has 0 aliphatic carbocycles. The lowest BCUT2D eigenvalue weighted by Gasteiger charge is -2.08. The lowest BCUT2D eigenvalue weighted by Crippen LogP contribution is -1.93. The van der Waals surface area contributed by atoms with E-state index in [9.17, 15) is 4.39 Å². The number of pyridine rings is 1. The van der Waals surface area contributed by atoms with E-state index in [4.69, 9.17) is 17.5 Å². The average Bonchev–Trinajstić information content (AvgIpc) is 2.35. The summed E-state index contributed by atoms with van der Waals surface area (Å²) in [6.07, 6.45) is 0. The first-order valence-corrected chi connectivity index (χ1v) is 5.84. The Morgan fingerprint density at radius 1 is 1.22 bits per heavy atom. The first-order chi connectivity index (χ1) is 8.52. The smallest absolute Gasteiger partial charge is 0.126 e. The fourth-order valence-corrected chi connectivity index (χ4v) is 2.02. The van der Waals surface area contributed by atoms with E-state index in [1.165, 1.54) is 6.07 Å². The van der Waals surface area contributed by atoms with Crippen molar-refractivity contribution in [3.63, 3.8) is 0 Å². The Labute approximate surface area is 110 Å². The van der Waals surface area contributed by atoms with Gasteiger partial charge in [-0.1, -0.05) is 12.2 Å². The molecule has 1 aromatic carbocycles. The van der Waals surface area contributed by atoms with Crippen molar-refractivity contribution in [2.24, 2.45) is 0 Å². The van der Waals surface area contributed by atoms with E-state index in [0.717, 1.165) is 16.8 Å². The number of nitriles is 1. The summed E-state index contributed by atoms with van der Waals surface area (Å²) in [4.78, 5) is 3.03. The molecule has 0 saturated heterocycles. The Morgan fingerprint density at radius 3 is 2.56 bits per heavy atom. The van der Waals surface area contributed by atoms with Crippen LogP contribution in [0.15, 0.2) is 24.3 Å². The van der Waals surface area contributed by atoms with Crippen LogP contribution in [0.2, 0.25) is 0 Å². The third-order valence-electron chi connectivity index (χ3n) is 2.81. The van der Waals surface area contributed by atoms with Gasteiger partial charge in [-0.2, -0.15) is 5.26 Å². The van der Waals surface area contributed by atoms with Crippen LogP contribution in [-0.2, 0) is 0 Å². The lowest BCUT2D eigenvalue weighted by molar-refractivity contribution is 0.618. The number of rotatable bonds is 1. The van der Waals surface area contributed by atoms with E-state index in [1.54, 1.807) is 25.1 Å². The predicted molar refractivity (Wildman–Crippen MR) is 71.2 cm³/mol. The van der Waals surface area contributed by atoms with Gasteiger partial charge in [0.15, 0.2) is 0 Å². The van der Waals surface area contributed by atoms with Gasteiger partial charge in [0.2, 0.25) is 0 Å². The van der Waals surface area contributed by atoms with Crippen LogP contribution in [0.3, 0.4) is 0 Å². The molecule has 0 aliphatic heterocycles. The number of nitrogens with one attached hydrogen (secondary N) is 1. The van der Waals surface area contributed by atoms with Gasteiger partial charge in [0, 0.05) is 5.69 Å². The number of hydrogen-bond acceptors (Lipinski definition) is 2. The number of aryl methyl sites for hydroxylation is 2. The summed E-state index contributed by atoms with van der Waals surface area (Å²) in [6, 6.07) is 8.67. The second-order valence-corrected chi connectivity index (χ2v) is 4.55. The molecule has 0 aliphatic rings. The molecule has 2 aromatic rings. The topological polar surface area (TPSA) is 39.6 Å². The van der Waals surface area contributed by atoms with Crippen molar-refractivity contribution < 1.29 is 4.39 Å². The van der Waals surface area contributed by atoms with Crippen molar-refractivity contribution >= 4 is 12.2 Å². The molecule has 0 amide bonds. The summed E-state index contributed by atoms with van der Waals surface area (Å²) < 4.78 is 13.6. The molecular formula is C14H11FN2S. The van der Waals surface area contributed by atoms with Crippen LogP contribution in [0.5, 0.6) is 0 Å². The summed E-state index contributed by atoms with van der Waals surface area (Å²) in [6.45, 7) is 3.60. The Morgan fingerprint density at radius 2 is 1.94 bits per heavy atom. The van der Waals surface area contributed by atoms with Gasteiger partial charge in [0.05, 0.1) is 5.56 Å². The third kappa shape index (κ3) is 2.18. The van der Waals surface area contributed by atoms with E-state index in [1.807, 2.05) is 13.0 Å². The molecule has 0 fully saturated rings. The molecule has 2 rings (SSSR count). The molecule has 4 heteroatoms. The molecule has 0 saturated carbocycles. The van der Waals surface area contributed by atoms with Crippen molar-refractivity contribution in [3.05, 3.63) is 51.4 Å². The van der Waals surface area contributed by atoms with Crippen LogP contribution in [0.1, 0.15) is 16.7 Å². The number of halogens is 1. The highest BCUT2D eigenvalue weighted by atomic mass is 32.1. The number of nitrogens with zero attached hydrogens (tertiary/aromatic N) is 1. The van der Waals surface area contributed by atoms with Crippen LogP contribution in [-0.4, -0.2) is 4.98 Å². The molecule has 2 nitrogen and oxygen atoms in total. The summed E-state index contributed by atoms with van der Waals surface area (Å²) >= 11 is 5.10. The molecule has 1 heterocycles. The molecule has 18 heavy (non-hydrogen) atoms. The monoisotopic (exact) mass is 258 g/mol. The van der Waals surface area contributed by atoms with Crippen molar-refractivity contribution in [1.29, 1.82) is 5.26 Å². The first kappa shape index (κ1) is 12.5. The number of benzene rings is 1. The number of hydrogen-bond donors (Lipinski definition) is 1. The highest BCUT2D eigenvalue weighted by Crippen LogP contribution is 2.24. The van der Waals surface area contributed by atoms with Crippen LogP contribution in [0.25, 0.3) is 11.3 Å². The van der Waals surface area contributed by atoms with Crippen molar-refractivity contribution in [2.75, 3.05) is 0 Å². The van der Waals surface area contributed by atoms with Gasteiger partial charge in [0.25, 0.3) is 0 Å². The van der Waals surface area contributed by atoms with Crippen molar-refractivity contribution in [2.45, 2.75) is 13.8 Å².